The van der Waals surface area contributed by atoms with Crippen molar-refractivity contribution in [3.63, 3.8) is 0 Å². The first-order valence-electron chi connectivity index (χ1n) is 7.88. The molecule has 2 aromatic carbocycles. The van der Waals surface area contributed by atoms with Crippen LogP contribution in [0.4, 0.5) is 0 Å². The summed E-state index contributed by atoms with van der Waals surface area (Å²) in [5.41, 5.74) is 1.63. The minimum Gasteiger partial charge on any atom is -0.491 e. The van der Waals surface area contributed by atoms with Gasteiger partial charge in [0.2, 0.25) is 4.77 Å². The molecule has 0 aliphatic rings. The Morgan fingerprint density at radius 1 is 1.19 bits per heavy atom. The number of rotatable bonds is 5. The number of nitrogens with zero attached hydrogens (tertiary/aromatic N) is 3. The number of hydrogen-bond acceptors (Lipinski definition) is 4. The molecule has 3 aromatic rings. The number of halogens is 2. The number of H-pyrrole nitrogens is 1. The second-order valence-electron chi connectivity index (χ2n) is 5.78. The minimum absolute atomic E-state index is 0.0822. The fourth-order valence-electron chi connectivity index (χ4n) is 2.28. The molecule has 0 amide bonds. The van der Waals surface area contributed by atoms with E-state index in [1.807, 2.05) is 44.2 Å². The summed E-state index contributed by atoms with van der Waals surface area (Å²) in [6.07, 6.45) is 1.73. The lowest BCUT2D eigenvalue weighted by molar-refractivity contribution is 0.242. The van der Waals surface area contributed by atoms with Gasteiger partial charge in [-0.3, -0.25) is 0 Å². The number of benzene rings is 2. The Hall–Kier alpha value is -2.15. The van der Waals surface area contributed by atoms with Gasteiger partial charge < -0.3 is 4.74 Å². The average molecular weight is 407 g/mol. The van der Waals surface area contributed by atoms with Crippen LogP contribution in [0.3, 0.4) is 0 Å². The number of aromatic nitrogens is 3. The van der Waals surface area contributed by atoms with E-state index in [1.165, 1.54) is 0 Å². The van der Waals surface area contributed by atoms with Crippen molar-refractivity contribution < 1.29 is 4.74 Å². The molecule has 0 fully saturated rings. The van der Waals surface area contributed by atoms with Crippen molar-refractivity contribution in [2.45, 2.75) is 20.0 Å². The van der Waals surface area contributed by atoms with Crippen LogP contribution in [0.1, 0.15) is 19.4 Å². The van der Waals surface area contributed by atoms with Crippen LogP contribution in [0.25, 0.3) is 11.4 Å². The third-order valence-electron chi connectivity index (χ3n) is 3.38. The molecule has 0 radical (unpaired) electrons. The van der Waals surface area contributed by atoms with Crippen LogP contribution in [0, 0.1) is 4.77 Å². The zero-order chi connectivity index (χ0) is 18.7. The second kappa shape index (κ2) is 8.03. The summed E-state index contributed by atoms with van der Waals surface area (Å²) in [5, 5.41) is 12.4. The molecule has 0 atom stereocenters. The highest BCUT2D eigenvalue weighted by Crippen LogP contribution is 2.24. The Morgan fingerprint density at radius 2 is 2.00 bits per heavy atom. The third-order valence-corrected chi connectivity index (χ3v) is 4.38. The zero-order valence-corrected chi connectivity index (χ0v) is 16.4. The first-order valence-corrected chi connectivity index (χ1v) is 9.04. The highest BCUT2D eigenvalue weighted by molar-refractivity contribution is 7.71. The predicted molar refractivity (Wildman–Crippen MR) is 108 cm³/mol. The van der Waals surface area contributed by atoms with Gasteiger partial charge in [0.1, 0.15) is 5.75 Å². The van der Waals surface area contributed by atoms with E-state index in [9.17, 15) is 0 Å². The normalized spacial score (nSPS) is 11.4. The zero-order valence-electron chi connectivity index (χ0n) is 14.1. The molecule has 0 spiro atoms. The summed E-state index contributed by atoms with van der Waals surface area (Å²) >= 11 is 17.3. The van der Waals surface area contributed by atoms with Crippen LogP contribution in [0.2, 0.25) is 10.0 Å². The van der Waals surface area contributed by atoms with Crippen molar-refractivity contribution in [3.05, 3.63) is 62.8 Å². The van der Waals surface area contributed by atoms with Crippen LogP contribution >= 0.6 is 35.4 Å². The second-order valence-corrected chi connectivity index (χ2v) is 6.98. The van der Waals surface area contributed by atoms with E-state index in [-0.39, 0.29) is 6.10 Å². The fourth-order valence-corrected chi connectivity index (χ4v) is 2.77. The molecule has 0 unspecified atom stereocenters. The molecule has 5 nitrogen and oxygen atoms in total. The summed E-state index contributed by atoms with van der Waals surface area (Å²) in [5.74, 6) is 1.34. The highest BCUT2D eigenvalue weighted by Gasteiger charge is 2.10. The predicted octanol–water partition coefficient (Wildman–Crippen LogP) is 5.58. The highest BCUT2D eigenvalue weighted by atomic mass is 35.5. The maximum absolute atomic E-state index is 6.04. The van der Waals surface area contributed by atoms with Crippen molar-refractivity contribution in [1.82, 2.24) is 14.9 Å². The van der Waals surface area contributed by atoms with E-state index in [1.54, 1.807) is 23.0 Å². The van der Waals surface area contributed by atoms with Gasteiger partial charge in [-0.1, -0.05) is 41.4 Å². The molecular formula is C18H16Cl2N4OS. The molecule has 26 heavy (non-hydrogen) atoms. The number of nitrogens with one attached hydrogen (secondary N) is 1. The molecule has 1 aromatic heterocycles. The maximum Gasteiger partial charge on any atom is 0.216 e. The van der Waals surface area contributed by atoms with Crippen molar-refractivity contribution in [2.24, 2.45) is 5.10 Å². The Labute approximate surface area is 166 Å². The lowest BCUT2D eigenvalue weighted by atomic mass is 10.2. The molecule has 8 heteroatoms. The Bertz CT molecular complexity index is 1010. The van der Waals surface area contributed by atoms with Gasteiger partial charge in [0.25, 0.3) is 0 Å². The topological polar surface area (TPSA) is 55.2 Å². The van der Waals surface area contributed by atoms with Gasteiger partial charge in [-0.15, -0.1) is 0 Å². The molecule has 0 aliphatic carbocycles. The molecular weight excluding hydrogens is 391 g/mol. The quantitative estimate of drug-likeness (QED) is 0.444. The van der Waals surface area contributed by atoms with E-state index < -0.39 is 0 Å². The monoisotopic (exact) mass is 406 g/mol. The molecule has 134 valence electrons. The van der Waals surface area contributed by atoms with Gasteiger partial charge in [-0.2, -0.15) is 14.9 Å². The van der Waals surface area contributed by atoms with Gasteiger partial charge in [0.15, 0.2) is 5.82 Å². The van der Waals surface area contributed by atoms with Crippen molar-refractivity contribution in [3.8, 4) is 17.1 Å². The van der Waals surface area contributed by atoms with Crippen LogP contribution in [0.15, 0.2) is 47.6 Å². The van der Waals surface area contributed by atoms with Crippen LogP contribution < -0.4 is 4.74 Å². The number of hydrogen-bond donors (Lipinski definition) is 1. The van der Waals surface area contributed by atoms with E-state index in [4.69, 9.17) is 40.2 Å². The average Bonchev–Trinajstić information content (AvgIpc) is 2.96. The van der Waals surface area contributed by atoms with Gasteiger partial charge in [0, 0.05) is 5.56 Å². The van der Waals surface area contributed by atoms with E-state index in [0.717, 1.165) is 16.9 Å². The first-order chi connectivity index (χ1) is 12.4. The van der Waals surface area contributed by atoms with Gasteiger partial charge in [-0.25, -0.2) is 5.10 Å². The minimum atomic E-state index is 0.0822. The first kappa shape index (κ1) is 18.6. The van der Waals surface area contributed by atoms with Gasteiger partial charge in [0.05, 0.1) is 22.4 Å². The molecule has 1 N–H and O–H groups in total. The van der Waals surface area contributed by atoms with Crippen molar-refractivity contribution in [1.29, 1.82) is 0 Å². The standard InChI is InChI=1S/C18H16Cl2N4OS/c1-11(2)25-14-5-3-4-13(9-14)17-22-23-18(26)24(17)21-10-12-6-7-15(19)16(20)8-12/h3-11H,1-2H3,(H,23,26)/b21-10-. The van der Waals surface area contributed by atoms with Gasteiger partial charge in [-0.05, 0) is 55.9 Å². The molecule has 0 aliphatic heterocycles. The van der Waals surface area contributed by atoms with E-state index in [0.29, 0.717) is 20.6 Å². The van der Waals surface area contributed by atoms with Crippen LogP contribution in [0.5, 0.6) is 5.75 Å². The largest absolute Gasteiger partial charge is 0.491 e. The van der Waals surface area contributed by atoms with Crippen molar-refractivity contribution >= 4 is 41.6 Å². The summed E-state index contributed by atoms with van der Waals surface area (Å²) in [7, 11) is 0. The van der Waals surface area contributed by atoms with Crippen LogP contribution in [-0.2, 0) is 0 Å². The smallest absolute Gasteiger partial charge is 0.216 e. The fraction of sp³-hybridized carbons (Fsp3) is 0.167. The van der Waals surface area contributed by atoms with E-state index >= 15 is 0 Å². The molecule has 3 rings (SSSR count). The van der Waals surface area contributed by atoms with Gasteiger partial charge >= 0.3 is 0 Å². The summed E-state index contributed by atoms with van der Waals surface area (Å²) in [6.45, 7) is 3.95. The Kier molecular flexibility index (Phi) is 5.76. The van der Waals surface area contributed by atoms with Crippen LogP contribution in [-0.4, -0.2) is 27.2 Å². The Balaban J connectivity index is 1.95. The third kappa shape index (κ3) is 4.33. The maximum atomic E-state index is 6.04. The lowest BCUT2D eigenvalue weighted by Crippen LogP contribution is -2.05. The molecule has 0 saturated carbocycles. The molecule has 0 bridgehead atoms. The molecule has 0 saturated heterocycles. The number of ether oxygens (including phenoxy) is 1. The number of aromatic amines is 1. The summed E-state index contributed by atoms with van der Waals surface area (Å²) < 4.78 is 7.67. The summed E-state index contributed by atoms with van der Waals surface area (Å²) in [6, 6.07) is 12.9. The summed E-state index contributed by atoms with van der Waals surface area (Å²) in [4.78, 5) is 0. The lowest BCUT2D eigenvalue weighted by Gasteiger charge is -2.10. The van der Waals surface area contributed by atoms with Crippen molar-refractivity contribution in [2.75, 3.05) is 0 Å². The SMILES string of the molecule is CC(C)Oc1cccc(-c2n[nH]c(=S)n2/N=C\c2ccc(Cl)c(Cl)c2)c1. The Morgan fingerprint density at radius 3 is 2.73 bits per heavy atom. The molecule has 1 heterocycles. The van der Waals surface area contributed by atoms with E-state index in [2.05, 4.69) is 15.3 Å².